The number of nitro groups is 1. The van der Waals surface area contributed by atoms with Gasteiger partial charge in [0.2, 0.25) is 5.91 Å². The van der Waals surface area contributed by atoms with E-state index in [4.69, 9.17) is 5.73 Å². The molecule has 0 spiro atoms. The van der Waals surface area contributed by atoms with Crippen LogP contribution in [0.2, 0.25) is 0 Å². The molecule has 0 aliphatic heterocycles. The van der Waals surface area contributed by atoms with Gasteiger partial charge in [-0.15, -0.1) is 0 Å². The molecule has 0 atom stereocenters. The lowest BCUT2D eigenvalue weighted by Gasteiger charge is -2.05. The molecule has 0 bridgehead atoms. The van der Waals surface area contributed by atoms with E-state index in [2.05, 4.69) is 10.3 Å². The van der Waals surface area contributed by atoms with E-state index in [-0.39, 0.29) is 18.0 Å². The van der Waals surface area contributed by atoms with Gasteiger partial charge in [-0.1, -0.05) is 18.2 Å². The topological polar surface area (TPSA) is 111 Å². The third-order valence-corrected chi connectivity index (χ3v) is 2.61. The van der Waals surface area contributed by atoms with Crippen molar-refractivity contribution in [1.82, 2.24) is 4.98 Å². The highest BCUT2D eigenvalue weighted by Crippen LogP contribution is 2.18. The molecule has 2 aromatic rings. The number of nitrogen functional groups attached to an aromatic ring is 1. The third kappa shape index (κ3) is 3.29. The van der Waals surface area contributed by atoms with E-state index in [9.17, 15) is 14.9 Å². The van der Waals surface area contributed by atoms with E-state index in [1.807, 2.05) is 0 Å². The minimum absolute atomic E-state index is 0.0712. The number of benzene rings is 1. The zero-order chi connectivity index (χ0) is 14.5. The number of anilines is 2. The molecule has 7 nitrogen and oxygen atoms in total. The van der Waals surface area contributed by atoms with Crippen LogP contribution in [0.1, 0.15) is 5.56 Å². The molecule has 20 heavy (non-hydrogen) atoms. The van der Waals surface area contributed by atoms with E-state index in [0.29, 0.717) is 17.1 Å². The van der Waals surface area contributed by atoms with Crippen molar-refractivity contribution < 1.29 is 9.72 Å². The van der Waals surface area contributed by atoms with Crippen LogP contribution >= 0.6 is 0 Å². The summed E-state index contributed by atoms with van der Waals surface area (Å²) in [6.45, 7) is 0. The molecule has 0 aliphatic carbocycles. The molecule has 1 aromatic heterocycles. The number of nitrogens with two attached hydrogens (primary N) is 1. The minimum atomic E-state index is -0.507. The summed E-state index contributed by atoms with van der Waals surface area (Å²) in [6.07, 6.45) is 1.34. The second-order valence-electron chi connectivity index (χ2n) is 4.08. The molecule has 1 amide bonds. The van der Waals surface area contributed by atoms with E-state index in [1.54, 1.807) is 30.3 Å². The maximum Gasteiger partial charge on any atom is 0.273 e. The Labute approximate surface area is 114 Å². The lowest BCUT2D eigenvalue weighted by molar-refractivity contribution is -0.385. The molecule has 1 heterocycles. The zero-order valence-corrected chi connectivity index (χ0v) is 10.4. The maximum absolute atomic E-state index is 11.8. The van der Waals surface area contributed by atoms with Crippen LogP contribution < -0.4 is 11.1 Å². The fraction of sp³-hybridized carbons (Fsp3) is 0.0769. The van der Waals surface area contributed by atoms with Crippen LogP contribution in [0.25, 0.3) is 0 Å². The Hall–Kier alpha value is -2.96. The number of nitrogens with one attached hydrogen (secondary N) is 1. The SMILES string of the molecule is Nc1ccc(NC(=O)Cc2ccccc2[N+](=O)[O-])cn1. The Bertz CT molecular complexity index is 640. The van der Waals surface area contributed by atoms with Crippen LogP contribution in [0, 0.1) is 10.1 Å². The number of nitro benzene ring substituents is 1. The van der Waals surface area contributed by atoms with Gasteiger partial charge in [-0.05, 0) is 12.1 Å². The second kappa shape index (κ2) is 5.79. The summed E-state index contributed by atoms with van der Waals surface area (Å²) >= 11 is 0. The largest absolute Gasteiger partial charge is 0.384 e. The number of hydrogen-bond acceptors (Lipinski definition) is 5. The molecule has 0 unspecified atom stereocenters. The molecule has 0 fully saturated rings. The van der Waals surface area contributed by atoms with E-state index in [0.717, 1.165) is 0 Å². The molecule has 102 valence electrons. The van der Waals surface area contributed by atoms with Gasteiger partial charge in [0, 0.05) is 11.6 Å². The number of para-hydroxylation sites is 1. The first-order valence-electron chi connectivity index (χ1n) is 5.80. The Morgan fingerprint density at radius 1 is 1.30 bits per heavy atom. The average Bonchev–Trinajstić information content (AvgIpc) is 2.41. The fourth-order valence-electron chi connectivity index (χ4n) is 1.70. The fourth-order valence-corrected chi connectivity index (χ4v) is 1.70. The van der Waals surface area contributed by atoms with Crippen LogP contribution in [-0.2, 0) is 11.2 Å². The summed E-state index contributed by atoms with van der Waals surface area (Å²) < 4.78 is 0. The molecule has 0 aliphatic rings. The number of carbonyl (C=O) groups excluding carboxylic acids is 1. The van der Waals surface area contributed by atoms with Gasteiger partial charge in [-0.3, -0.25) is 14.9 Å². The van der Waals surface area contributed by atoms with Crippen molar-refractivity contribution in [3.63, 3.8) is 0 Å². The van der Waals surface area contributed by atoms with Crippen molar-refractivity contribution in [1.29, 1.82) is 0 Å². The summed E-state index contributed by atoms with van der Waals surface area (Å²) in [7, 11) is 0. The monoisotopic (exact) mass is 272 g/mol. The quantitative estimate of drug-likeness (QED) is 0.650. The zero-order valence-electron chi connectivity index (χ0n) is 10.4. The van der Waals surface area contributed by atoms with Gasteiger partial charge in [-0.2, -0.15) is 0 Å². The highest BCUT2D eigenvalue weighted by atomic mass is 16.6. The van der Waals surface area contributed by atoms with Crippen molar-refractivity contribution in [2.45, 2.75) is 6.42 Å². The first kappa shape index (κ1) is 13.5. The van der Waals surface area contributed by atoms with Gasteiger partial charge in [-0.25, -0.2) is 4.98 Å². The van der Waals surface area contributed by atoms with E-state index in [1.165, 1.54) is 12.3 Å². The summed E-state index contributed by atoms with van der Waals surface area (Å²) in [5.74, 6) is -0.00688. The van der Waals surface area contributed by atoms with Crippen molar-refractivity contribution in [2.75, 3.05) is 11.1 Å². The average molecular weight is 272 g/mol. The highest BCUT2D eigenvalue weighted by Gasteiger charge is 2.15. The second-order valence-corrected chi connectivity index (χ2v) is 4.08. The van der Waals surface area contributed by atoms with Crippen LogP contribution in [0.4, 0.5) is 17.2 Å². The summed E-state index contributed by atoms with van der Waals surface area (Å²) in [6, 6.07) is 9.30. The molecule has 7 heteroatoms. The molecule has 1 aromatic carbocycles. The first-order chi connectivity index (χ1) is 9.56. The summed E-state index contributed by atoms with van der Waals surface area (Å²) in [5.41, 5.74) is 6.21. The van der Waals surface area contributed by atoms with Gasteiger partial charge in [0.15, 0.2) is 0 Å². The van der Waals surface area contributed by atoms with Crippen LogP contribution in [-0.4, -0.2) is 15.8 Å². The normalized spacial score (nSPS) is 10.0. The molecule has 0 saturated carbocycles. The smallest absolute Gasteiger partial charge is 0.273 e. The molecule has 3 N–H and O–H groups in total. The van der Waals surface area contributed by atoms with E-state index >= 15 is 0 Å². The van der Waals surface area contributed by atoms with Gasteiger partial charge in [0.25, 0.3) is 5.69 Å². The van der Waals surface area contributed by atoms with Gasteiger partial charge >= 0.3 is 0 Å². The van der Waals surface area contributed by atoms with Gasteiger partial charge in [0.05, 0.1) is 23.2 Å². The number of nitrogens with zero attached hydrogens (tertiary/aromatic N) is 2. The lowest BCUT2D eigenvalue weighted by Crippen LogP contribution is -2.15. The van der Waals surface area contributed by atoms with Crippen molar-refractivity contribution in [3.8, 4) is 0 Å². The number of pyridine rings is 1. The predicted molar refractivity (Wildman–Crippen MR) is 74.1 cm³/mol. The summed E-state index contributed by atoms with van der Waals surface area (Å²) in [5, 5.41) is 13.5. The highest BCUT2D eigenvalue weighted by molar-refractivity contribution is 5.92. The molecule has 0 radical (unpaired) electrons. The van der Waals surface area contributed by atoms with Crippen molar-refractivity contribution in [2.24, 2.45) is 0 Å². The first-order valence-corrected chi connectivity index (χ1v) is 5.80. The Kier molecular flexibility index (Phi) is 3.90. The molecule has 2 rings (SSSR count). The predicted octanol–water partition coefficient (Wildman–Crippen LogP) is 1.75. The van der Waals surface area contributed by atoms with Gasteiger partial charge < -0.3 is 11.1 Å². The molecule has 0 saturated heterocycles. The lowest BCUT2D eigenvalue weighted by atomic mass is 10.1. The van der Waals surface area contributed by atoms with Crippen LogP contribution in [0.3, 0.4) is 0 Å². The Morgan fingerprint density at radius 2 is 2.05 bits per heavy atom. The maximum atomic E-state index is 11.8. The molecular formula is C13H12N4O3. The van der Waals surface area contributed by atoms with Crippen molar-refractivity contribution >= 4 is 23.1 Å². The number of aromatic nitrogens is 1. The van der Waals surface area contributed by atoms with Crippen LogP contribution in [0.15, 0.2) is 42.6 Å². The number of carbonyl (C=O) groups is 1. The Balaban J connectivity index is 2.08. The summed E-state index contributed by atoms with van der Waals surface area (Å²) in [4.78, 5) is 26.0. The van der Waals surface area contributed by atoms with Gasteiger partial charge in [0.1, 0.15) is 5.82 Å². The van der Waals surface area contributed by atoms with Crippen molar-refractivity contribution in [3.05, 3.63) is 58.3 Å². The van der Waals surface area contributed by atoms with Crippen LogP contribution in [0.5, 0.6) is 0 Å². The minimum Gasteiger partial charge on any atom is -0.384 e. The third-order valence-electron chi connectivity index (χ3n) is 2.61. The number of hydrogen-bond donors (Lipinski definition) is 2. The number of amides is 1. The standard InChI is InChI=1S/C13H12N4O3/c14-12-6-5-10(8-15-12)16-13(18)7-9-3-1-2-4-11(9)17(19)20/h1-6,8H,7H2,(H2,14,15)(H,16,18). The van der Waals surface area contributed by atoms with E-state index < -0.39 is 4.92 Å². The Morgan fingerprint density at radius 3 is 2.70 bits per heavy atom. The molecular weight excluding hydrogens is 260 g/mol. The number of rotatable bonds is 4.